The Morgan fingerprint density at radius 2 is 1.41 bits per heavy atom. The first-order valence-electron chi connectivity index (χ1n) is 10.6. The van der Waals surface area contributed by atoms with E-state index in [9.17, 15) is 9.59 Å². The van der Waals surface area contributed by atoms with E-state index >= 15 is 0 Å². The van der Waals surface area contributed by atoms with Crippen molar-refractivity contribution in [3.05, 3.63) is 112 Å². The number of aromatic nitrogens is 2. The minimum atomic E-state index is -0.662. The van der Waals surface area contributed by atoms with Crippen LogP contribution in [-0.4, -0.2) is 22.9 Å². The fraction of sp³-hybridized carbons (Fsp3) is 0.148. The third kappa shape index (κ3) is 4.52. The predicted octanol–water partition coefficient (Wildman–Crippen LogP) is 5.00. The second-order valence-corrected chi connectivity index (χ2v) is 7.44. The van der Waals surface area contributed by atoms with Crippen molar-refractivity contribution < 1.29 is 9.53 Å². The molecule has 1 aromatic heterocycles. The van der Waals surface area contributed by atoms with Gasteiger partial charge in [0.15, 0.2) is 0 Å². The van der Waals surface area contributed by atoms with Gasteiger partial charge in [-0.25, -0.2) is 9.48 Å². The van der Waals surface area contributed by atoms with Crippen molar-refractivity contribution in [2.45, 2.75) is 19.4 Å². The molecule has 0 aliphatic rings. The van der Waals surface area contributed by atoms with Gasteiger partial charge in [0.1, 0.15) is 5.56 Å². The van der Waals surface area contributed by atoms with E-state index in [1.807, 2.05) is 78.9 Å². The summed E-state index contributed by atoms with van der Waals surface area (Å²) in [5, 5.41) is 4.72. The van der Waals surface area contributed by atoms with Gasteiger partial charge in [-0.05, 0) is 24.0 Å². The number of carbonyl (C=O) groups excluding carboxylic acids is 1. The molecule has 0 spiro atoms. The Morgan fingerprint density at radius 3 is 2.00 bits per heavy atom. The van der Waals surface area contributed by atoms with Crippen molar-refractivity contribution >= 4 is 5.97 Å². The number of methoxy groups -OCH3 is 1. The van der Waals surface area contributed by atoms with Crippen molar-refractivity contribution in [2.24, 2.45) is 0 Å². The van der Waals surface area contributed by atoms with Crippen LogP contribution in [0.5, 0.6) is 0 Å². The van der Waals surface area contributed by atoms with Crippen LogP contribution in [0, 0.1) is 0 Å². The normalized spacial score (nSPS) is 10.7. The first-order valence-corrected chi connectivity index (χ1v) is 10.6. The molecule has 0 saturated carbocycles. The largest absolute Gasteiger partial charge is 0.465 e. The standard InChI is InChI=1S/C27H24N2O3/c1-32-27(31)24-23(21-15-7-3-8-16-21)25(22-17-9-4-10-18-22)28-29(26(24)30)19-11-14-20-12-5-2-6-13-20/h2-10,12-13,15-18H,11,14,19H2,1H3. The molecule has 0 atom stereocenters. The molecule has 0 bridgehead atoms. The molecule has 0 aliphatic carbocycles. The zero-order valence-corrected chi connectivity index (χ0v) is 17.9. The fourth-order valence-electron chi connectivity index (χ4n) is 3.78. The van der Waals surface area contributed by atoms with Gasteiger partial charge in [0, 0.05) is 17.7 Å². The lowest BCUT2D eigenvalue weighted by Gasteiger charge is -2.16. The summed E-state index contributed by atoms with van der Waals surface area (Å²) in [7, 11) is 1.29. The van der Waals surface area contributed by atoms with Crippen LogP contribution < -0.4 is 5.56 Å². The summed E-state index contributed by atoms with van der Waals surface area (Å²) in [5.74, 6) is -0.662. The minimum Gasteiger partial charge on any atom is -0.465 e. The Labute approximate surface area is 186 Å². The van der Waals surface area contributed by atoms with E-state index < -0.39 is 11.5 Å². The summed E-state index contributed by atoms with van der Waals surface area (Å²) >= 11 is 0. The molecule has 5 nitrogen and oxygen atoms in total. The number of hydrogen-bond acceptors (Lipinski definition) is 4. The lowest BCUT2D eigenvalue weighted by Crippen LogP contribution is -2.31. The molecule has 1 heterocycles. The van der Waals surface area contributed by atoms with Gasteiger partial charge in [0.05, 0.1) is 12.8 Å². The van der Waals surface area contributed by atoms with Crippen molar-refractivity contribution in [3.63, 3.8) is 0 Å². The topological polar surface area (TPSA) is 61.2 Å². The molecule has 0 fully saturated rings. The molecule has 32 heavy (non-hydrogen) atoms. The molecule has 0 radical (unpaired) electrons. The molecule has 160 valence electrons. The summed E-state index contributed by atoms with van der Waals surface area (Å²) < 4.78 is 6.41. The maximum atomic E-state index is 13.4. The molecule has 4 rings (SSSR count). The lowest BCUT2D eigenvalue weighted by atomic mass is 9.95. The number of aryl methyl sites for hydroxylation is 2. The number of ether oxygens (including phenoxy) is 1. The number of carbonyl (C=O) groups is 1. The Balaban J connectivity index is 1.85. The van der Waals surface area contributed by atoms with Gasteiger partial charge < -0.3 is 4.74 Å². The highest BCUT2D eigenvalue weighted by Gasteiger charge is 2.25. The Morgan fingerprint density at radius 1 is 0.844 bits per heavy atom. The Bertz CT molecular complexity index is 1250. The molecule has 3 aromatic carbocycles. The predicted molar refractivity (Wildman–Crippen MR) is 125 cm³/mol. The number of nitrogens with zero attached hydrogens (tertiary/aromatic N) is 2. The molecular formula is C27H24N2O3. The van der Waals surface area contributed by atoms with E-state index in [1.54, 1.807) is 0 Å². The summed E-state index contributed by atoms with van der Waals surface area (Å²) in [5.41, 5.74) is 3.40. The van der Waals surface area contributed by atoms with Gasteiger partial charge in [-0.1, -0.05) is 91.0 Å². The van der Waals surface area contributed by atoms with Gasteiger partial charge >= 0.3 is 5.97 Å². The molecular weight excluding hydrogens is 400 g/mol. The van der Waals surface area contributed by atoms with Crippen LogP contribution in [0.15, 0.2) is 95.8 Å². The van der Waals surface area contributed by atoms with Gasteiger partial charge in [0.25, 0.3) is 5.56 Å². The van der Waals surface area contributed by atoms with E-state index in [-0.39, 0.29) is 5.56 Å². The van der Waals surface area contributed by atoms with Gasteiger partial charge in [-0.3, -0.25) is 4.79 Å². The summed E-state index contributed by atoms with van der Waals surface area (Å²) in [6, 6.07) is 29.1. The summed E-state index contributed by atoms with van der Waals surface area (Å²) in [6.45, 7) is 0.395. The fourth-order valence-corrected chi connectivity index (χ4v) is 3.78. The quantitative estimate of drug-likeness (QED) is 0.392. The van der Waals surface area contributed by atoms with Gasteiger partial charge in [0.2, 0.25) is 0 Å². The van der Waals surface area contributed by atoms with E-state index in [0.717, 1.165) is 24.0 Å². The SMILES string of the molecule is COC(=O)c1c(-c2ccccc2)c(-c2ccccc2)nn(CCCc2ccccc2)c1=O. The zero-order valence-electron chi connectivity index (χ0n) is 17.9. The molecule has 0 amide bonds. The molecule has 0 aliphatic heterocycles. The van der Waals surface area contributed by atoms with E-state index in [4.69, 9.17) is 9.84 Å². The van der Waals surface area contributed by atoms with Crippen LogP contribution in [-0.2, 0) is 17.7 Å². The summed E-state index contributed by atoms with van der Waals surface area (Å²) in [6.07, 6.45) is 1.53. The number of rotatable bonds is 7. The first kappa shape index (κ1) is 21.2. The van der Waals surface area contributed by atoms with Crippen LogP contribution in [0.3, 0.4) is 0 Å². The third-order valence-electron chi connectivity index (χ3n) is 5.33. The highest BCUT2D eigenvalue weighted by molar-refractivity contribution is 6.00. The zero-order chi connectivity index (χ0) is 22.3. The minimum absolute atomic E-state index is 0.00673. The van der Waals surface area contributed by atoms with Gasteiger partial charge in [-0.2, -0.15) is 5.10 Å². The van der Waals surface area contributed by atoms with Crippen LogP contribution in [0.4, 0.5) is 0 Å². The van der Waals surface area contributed by atoms with Crippen molar-refractivity contribution in [2.75, 3.05) is 7.11 Å². The van der Waals surface area contributed by atoms with E-state index in [1.165, 1.54) is 17.4 Å². The van der Waals surface area contributed by atoms with Crippen LogP contribution >= 0.6 is 0 Å². The monoisotopic (exact) mass is 424 g/mol. The van der Waals surface area contributed by atoms with Crippen molar-refractivity contribution in [1.29, 1.82) is 0 Å². The van der Waals surface area contributed by atoms with E-state index in [0.29, 0.717) is 17.8 Å². The van der Waals surface area contributed by atoms with Crippen LogP contribution in [0.2, 0.25) is 0 Å². The maximum absolute atomic E-state index is 13.4. The average molecular weight is 425 g/mol. The van der Waals surface area contributed by atoms with Crippen LogP contribution in [0.25, 0.3) is 22.4 Å². The number of benzene rings is 3. The van der Waals surface area contributed by atoms with Crippen LogP contribution in [0.1, 0.15) is 22.3 Å². The highest BCUT2D eigenvalue weighted by Crippen LogP contribution is 2.32. The molecule has 4 aromatic rings. The average Bonchev–Trinajstić information content (AvgIpc) is 2.86. The Hall–Kier alpha value is -3.99. The number of esters is 1. The second-order valence-electron chi connectivity index (χ2n) is 7.44. The second kappa shape index (κ2) is 9.88. The maximum Gasteiger partial charge on any atom is 0.344 e. The third-order valence-corrected chi connectivity index (χ3v) is 5.33. The van der Waals surface area contributed by atoms with E-state index in [2.05, 4.69) is 12.1 Å². The Kier molecular flexibility index (Phi) is 6.56. The lowest BCUT2D eigenvalue weighted by molar-refractivity contribution is 0.0598. The highest BCUT2D eigenvalue weighted by atomic mass is 16.5. The molecule has 0 unspecified atom stereocenters. The molecule has 5 heteroatoms. The molecule has 0 saturated heterocycles. The first-order chi connectivity index (χ1) is 15.7. The van der Waals surface area contributed by atoms with Crippen molar-refractivity contribution in [3.8, 4) is 22.4 Å². The number of hydrogen-bond donors (Lipinski definition) is 0. The van der Waals surface area contributed by atoms with Gasteiger partial charge in [-0.15, -0.1) is 0 Å². The summed E-state index contributed by atoms with van der Waals surface area (Å²) in [4.78, 5) is 26.2. The smallest absolute Gasteiger partial charge is 0.344 e. The van der Waals surface area contributed by atoms with Crippen molar-refractivity contribution in [1.82, 2.24) is 9.78 Å². The molecule has 0 N–H and O–H groups in total.